The van der Waals surface area contributed by atoms with Crippen molar-refractivity contribution >= 4 is 27.6 Å². The number of nitrogens with one attached hydrogen (secondary N) is 1. The van der Waals surface area contributed by atoms with Crippen molar-refractivity contribution in [2.45, 2.75) is 12.6 Å². The van der Waals surface area contributed by atoms with Gasteiger partial charge in [0, 0.05) is 36.6 Å². The maximum atomic E-state index is 14.1. The Kier molecular flexibility index (Phi) is 4.78. The normalized spacial score (nSPS) is 15.8. The number of hydrogen-bond donors (Lipinski definition) is 1. The molecule has 0 saturated carbocycles. The quantitative estimate of drug-likeness (QED) is 0.462. The Labute approximate surface area is 184 Å². The van der Waals surface area contributed by atoms with E-state index in [0.717, 1.165) is 24.3 Å². The number of aromatic nitrogens is 2. The number of H-pyrrole nitrogens is 1. The molecule has 2 aromatic carbocycles. The molecule has 1 atom stereocenters. The van der Waals surface area contributed by atoms with Gasteiger partial charge in [0.2, 0.25) is 0 Å². The minimum atomic E-state index is -1.15. The summed E-state index contributed by atoms with van der Waals surface area (Å²) in [6.45, 7) is 0.102. The first-order chi connectivity index (χ1) is 15.7. The van der Waals surface area contributed by atoms with Crippen molar-refractivity contribution in [3.8, 4) is 0 Å². The number of halogens is 4. The Morgan fingerprint density at radius 2 is 1.67 bits per heavy atom. The molecule has 0 fully saturated rings. The minimum Gasteiger partial charge on any atom is -0.373 e. The van der Waals surface area contributed by atoms with Gasteiger partial charge in [-0.05, 0) is 29.7 Å². The number of aromatic amines is 1. The van der Waals surface area contributed by atoms with E-state index in [4.69, 9.17) is 4.74 Å². The van der Waals surface area contributed by atoms with E-state index < -0.39 is 40.8 Å². The summed E-state index contributed by atoms with van der Waals surface area (Å²) in [6, 6.07) is 4.41. The molecule has 0 aliphatic carbocycles. The molecule has 10 heteroatoms. The van der Waals surface area contributed by atoms with Gasteiger partial charge in [0.1, 0.15) is 5.69 Å². The zero-order chi connectivity index (χ0) is 23.6. The summed E-state index contributed by atoms with van der Waals surface area (Å²) in [5, 5.41) is 0.497. The van der Waals surface area contributed by atoms with Gasteiger partial charge in [0.25, 0.3) is 11.5 Å². The van der Waals surface area contributed by atoms with Gasteiger partial charge < -0.3 is 19.2 Å². The average Bonchev–Trinajstić information content (AvgIpc) is 3.20. The Bertz CT molecular complexity index is 1490. The smallest absolute Gasteiger partial charge is 0.270 e. The summed E-state index contributed by atoms with van der Waals surface area (Å²) in [5.74, 6) is -4.86. The summed E-state index contributed by atoms with van der Waals surface area (Å²) in [5.41, 5.74) is 0.726. The van der Waals surface area contributed by atoms with E-state index in [1.165, 1.54) is 29.6 Å². The third-order valence-electron chi connectivity index (χ3n) is 6.13. The van der Waals surface area contributed by atoms with Crippen LogP contribution < -0.4 is 5.56 Å². The first kappa shape index (κ1) is 21.2. The highest BCUT2D eigenvalue weighted by Gasteiger charge is 2.33. The Morgan fingerprint density at radius 3 is 2.39 bits per heavy atom. The van der Waals surface area contributed by atoms with E-state index in [-0.39, 0.29) is 35.2 Å². The van der Waals surface area contributed by atoms with Gasteiger partial charge in [-0.25, -0.2) is 17.6 Å². The van der Waals surface area contributed by atoms with Gasteiger partial charge in [-0.2, -0.15) is 0 Å². The number of likely N-dealkylation sites (N-methyl/N-ethyl adjacent to an activating group) is 1. The molecule has 170 valence electrons. The zero-order valence-electron chi connectivity index (χ0n) is 17.5. The molecule has 0 radical (unpaired) electrons. The number of nitrogens with zero attached hydrogens (tertiary/aromatic N) is 2. The number of fused-ring (bicyclic) bond motifs is 4. The molecule has 0 unspecified atom stereocenters. The zero-order valence-corrected chi connectivity index (χ0v) is 17.5. The number of carbonyl (C=O) groups excluding carboxylic acids is 1. The fourth-order valence-electron chi connectivity index (χ4n) is 4.36. The van der Waals surface area contributed by atoms with E-state index in [9.17, 15) is 27.2 Å². The third kappa shape index (κ3) is 3.20. The number of rotatable bonds is 2. The molecule has 1 aliphatic heterocycles. The summed E-state index contributed by atoms with van der Waals surface area (Å²) in [6.07, 6.45) is 0. The lowest BCUT2D eigenvalue weighted by Gasteiger charge is -2.34. The number of benzene rings is 2. The van der Waals surface area contributed by atoms with Crippen LogP contribution in [-0.2, 0) is 18.4 Å². The molecule has 4 aromatic rings. The first-order valence-electron chi connectivity index (χ1n) is 10.0. The van der Waals surface area contributed by atoms with Gasteiger partial charge in [0.15, 0.2) is 23.3 Å². The molecule has 1 aliphatic rings. The summed E-state index contributed by atoms with van der Waals surface area (Å²) in [4.78, 5) is 30.1. The molecule has 6 nitrogen and oxygen atoms in total. The van der Waals surface area contributed by atoms with Crippen LogP contribution in [0.25, 0.3) is 21.7 Å². The topological polar surface area (TPSA) is 67.3 Å². The van der Waals surface area contributed by atoms with Gasteiger partial charge in [-0.3, -0.25) is 9.59 Å². The van der Waals surface area contributed by atoms with Crippen molar-refractivity contribution in [2.75, 3.05) is 13.7 Å². The second kappa shape index (κ2) is 7.45. The molecular formula is C23H17F4N3O3. The van der Waals surface area contributed by atoms with Crippen LogP contribution in [0.3, 0.4) is 0 Å². The average molecular weight is 459 g/mol. The van der Waals surface area contributed by atoms with Crippen molar-refractivity contribution in [2.24, 2.45) is 7.05 Å². The minimum absolute atomic E-state index is 0.0144. The van der Waals surface area contributed by atoms with Gasteiger partial charge in [-0.1, -0.05) is 0 Å². The molecular weight excluding hydrogens is 442 g/mol. The second-order valence-electron chi connectivity index (χ2n) is 8.02. The lowest BCUT2D eigenvalue weighted by molar-refractivity contribution is 0.0319. The lowest BCUT2D eigenvalue weighted by Crippen LogP contribution is -2.39. The largest absolute Gasteiger partial charge is 0.373 e. The van der Waals surface area contributed by atoms with E-state index in [2.05, 4.69) is 4.98 Å². The second-order valence-corrected chi connectivity index (χ2v) is 8.02. The van der Waals surface area contributed by atoms with Crippen molar-refractivity contribution in [3.05, 3.63) is 80.9 Å². The maximum absolute atomic E-state index is 14.1. The molecule has 0 spiro atoms. The van der Waals surface area contributed by atoms with E-state index in [1.807, 2.05) is 0 Å². The molecule has 3 heterocycles. The van der Waals surface area contributed by atoms with Crippen LogP contribution in [0.15, 0.2) is 35.1 Å². The highest BCUT2D eigenvalue weighted by Crippen LogP contribution is 2.35. The molecule has 0 bridgehead atoms. The monoisotopic (exact) mass is 459 g/mol. The fraction of sp³-hybridized carbons (Fsp3) is 0.217. The standard InChI is InChI=1S/C23H17F4N3O3/c1-29-19-8-33-9-20(21(19)11-5-14(25)15(26)6-12(11)22(29)31)30(2)23(32)18-4-10-3-13(24)16(27)7-17(10)28-18/h3-7,20,28H,8-9H2,1-2H3/t20-/m1/s1. The van der Waals surface area contributed by atoms with Crippen LogP contribution in [0.5, 0.6) is 0 Å². The van der Waals surface area contributed by atoms with Crippen LogP contribution in [0, 0.1) is 23.3 Å². The van der Waals surface area contributed by atoms with Crippen LogP contribution in [0.4, 0.5) is 17.6 Å². The van der Waals surface area contributed by atoms with E-state index >= 15 is 0 Å². The Balaban J connectivity index is 1.64. The third-order valence-corrected chi connectivity index (χ3v) is 6.13. The number of ether oxygens (including phenoxy) is 1. The van der Waals surface area contributed by atoms with Crippen LogP contribution >= 0.6 is 0 Å². The van der Waals surface area contributed by atoms with Crippen molar-refractivity contribution in [1.82, 2.24) is 14.5 Å². The number of hydrogen-bond acceptors (Lipinski definition) is 3. The van der Waals surface area contributed by atoms with Crippen LogP contribution in [0.1, 0.15) is 27.8 Å². The Morgan fingerprint density at radius 1 is 1.03 bits per heavy atom. The summed E-state index contributed by atoms with van der Waals surface area (Å²) in [7, 11) is 2.99. The maximum Gasteiger partial charge on any atom is 0.270 e. The van der Waals surface area contributed by atoms with E-state index in [0.29, 0.717) is 16.6 Å². The summed E-state index contributed by atoms with van der Waals surface area (Å²) < 4.78 is 62.1. The summed E-state index contributed by atoms with van der Waals surface area (Å²) >= 11 is 0. The van der Waals surface area contributed by atoms with Gasteiger partial charge in [-0.15, -0.1) is 0 Å². The van der Waals surface area contributed by atoms with Gasteiger partial charge >= 0.3 is 0 Å². The van der Waals surface area contributed by atoms with Crippen LogP contribution in [-0.4, -0.2) is 34.0 Å². The molecule has 1 N–H and O–H groups in total. The molecule has 2 aromatic heterocycles. The predicted octanol–water partition coefficient (Wildman–Crippen LogP) is 3.92. The molecule has 33 heavy (non-hydrogen) atoms. The first-order valence-corrected chi connectivity index (χ1v) is 10.0. The molecule has 1 amide bonds. The number of carbonyl (C=O) groups is 1. The molecule has 5 rings (SSSR count). The predicted molar refractivity (Wildman–Crippen MR) is 112 cm³/mol. The highest BCUT2D eigenvalue weighted by atomic mass is 19.2. The lowest BCUT2D eigenvalue weighted by atomic mass is 9.95. The van der Waals surface area contributed by atoms with Crippen molar-refractivity contribution in [3.63, 3.8) is 0 Å². The highest BCUT2D eigenvalue weighted by molar-refractivity contribution is 5.98. The fourth-order valence-corrected chi connectivity index (χ4v) is 4.36. The number of amides is 1. The van der Waals surface area contributed by atoms with Crippen molar-refractivity contribution in [1.29, 1.82) is 0 Å². The van der Waals surface area contributed by atoms with Crippen molar-refractivity contribution < 1.29 is 27.1 Å². The Hall–Kier alpha value is -3.66. The van der Waals surface area contributed by atoms with Gasteiger partial charge in [0.05, 0.1) is 30.3 Å². The molecule has 0 saturated heterocycles. The number of pyridine rings is 1. The van der Waals surface area contributed by atoms with E-state index in [1.54, 1.807) is 0 Å². The SMILES string of the molecule is CN(C(=O)c1cc2cc(F)c(F)cc2[nH]1)[C@@H]1COCc2c1c1cc(F)c(F)cc1c(=O)n2C. The van der Waals surface area contributed by atoms with Crippen LogP contribution in [0.2, 0.25) is 0 Å².